The van der Waals surface area contributed by atoms with Crippen LogP contribution >= 0.6 is 0 Å². The molecule has 0 radical (unpaired) electrons. The van der Waals surface area contributed by atoms with Crippen molar-refractivity contribution in [1.82, 2.24) is 4.68 Å². The predicted octanol–water partition coefficient (Wildman–Crippen LogP) is 0.163. The van der Waals surface area contributed by atoms with E-state index >= 15 is 0 Å². The molecule has 0 amide bonds. The van der Waals surface area contributed by atoms with Crippen molar-refractivity contribution < 1.29 is 13.2 Å². The lowest BCUT2D eigenvalue weighted by molar-refractivity contribution is -0.137. The normalized spacial score (nSPS) is 11.6. The highest BCUT2D eigenvalue weighted by molar-refractivity contribution is 5.35. The topological polar surface area (TPSA) is 74.0 Å². The van der Waals surface area contributed by atoms with Crippen molar-refractivity contribution in [1.29, 1.82) is 0 Å². The fraction of sp³-hybridized carbons (Fsp3) is 0.167. The number of rotatable bonds is 0. The fourth-order valence-electron chi connectivity index (χ4n) is 0.764. The van der Waals surface area contributed by atoms with Gasteiger partial charge in [0.25, 0.3) is 5.56 Å². The van der Waals surface area contributed by atoms with Gasteiger partial charge in [-0.1, -0.05) is 0 Å². The molecule has 0 aromatic carbocycles. The van der Waals surface area contributed by atoms with Crippen LogP contribution < -0.4 is 17.1 Å². The van der Waals surface area contributed by atoms with Gasteiger partial charge in [-0.2, -0.15) is 13.2 Å². The van der Waals surface area contributed by atoms with Gasteiger partial charge in [0, 0.05) is 6.07 Å². The van der Waals surface area contributed by atoms with Crippen LogP contribution in [0.5, 0.6) is 0 Å². The monoisotopic (exact) mass is 193 g/mol. The molecule has 0 aliphatic rings. The van der Waals surface area contributed by atoms with Gasteiger partial charge in [0.15, 0.2) is 0 Å². The summed E-state index contributed by atoms with van der Waals surface area (Å²) >= 11 is 0. The summed E-state index contributed by atoms with van der Waals surface area (Å²) < 4.78 is 36.5. The van der Waals surface area contributed by atoms with Crippen molar-refractivity contribution in [2.24, 2.45) is 0 Å². The van der Waals surface area contributed by atoms with E-state index in [-0.39, 0.29) is 0 Å². The summed E-state index contributed by atoms with van der Waals surface area (Å²) in [5, 5.41) is 0. The molecule has 0 atom stereocenters. The van der Waals surface area contributed by atoms with Crippen LogP contribution in [0.3, 0.4) is 0 Å². The van der Waals surface area contributed by atoms with Gasteiger partial charge in [-0.05, 0) is 6.07 Å². The average molecular weight is 193 g/mol. The van der Waals surface area contributed by atoms with Crippen molar-refractivity contribution in [2.75, 3.05) is 11.6 Å². The maximum atomic E-state index is 12.0. The van der Waals surface area contributed by atoms with E-state index in [0.717, 1.165) is 0 Å². The van der Waals surface area contributed by atoms with Crippen LogP contribution in [0.1, 0.15) is 5.56 Å². The molecule has 0 saturated heterocycles. The number of pyridine rings is 1. The lowest BCUT2D eigenvalue weighted by atomic mass is 10.2. The van der Waals surface area contributed by atoms with Gasteiger partial charge in [0.2, 0.25) is 0 Å². The molecule has 0 unspecified atom stereocenters. The quantitative estimate of drug-likeness (QED) is 0.576. The Hall–Kier alpha value is -1.66. The van der Waals surface area contributed by atoms with Gasteiger partial charge < -0.3 is 11.6 Å². The Morgan fingerprint density at radius 2 is 1.85 bits per heavy atom. The van der Waals surface area contributed by atoms with Gasteiger partial charge in [0.1, 0.15) is 5.82 Å². The van der Waals surface area contributed by atoms with E-state index < -0.39 is 23.1 Å². The maximum absolute atomic E-state index is 12.0. The summed E-state index contributed by atoms with van der Waals surface area (Å²) in [5.74, 6) is 4.58. The smallest absolute Gasteiger partial charge is 0.384 e. The van der Waals surface area contributed by atoms with Crippen molar-refractivity contribution in [3.63, 3.8) is 0 Å². The molecule has 4 N–H and O–H groups in total. The third-order valence-corrected chi connectivity index (χ3v) is 1.43. The minimum atomic E-state index is -4.58. The second kappa shape index (κ2) is 2.68. The van der Waals surface area contributed by atoms with Gasteiger partial charge in [-0.15, -0.1) is 0 Å². The van der Waals surface area contributed by atoms with E-state index in [4.69, 9.17) is 11.6 Å². The lowest BCUT2D eigenvalue weighted by Crippen LogP contribution is -2.30. The zero-order chi connectivity index (χ0) is 10.2. The Kier molecular flexibility index (Phi) is 1.94. The SMILES string of the molecule is Nc1cc(C(F)(F)F)cc(=O)n1N. The second-order valence-electron chi connectivity index (χ2n) is 2.37. The summed E-state index contributed by atoms with van der Waals surface area (Å²) in [4.78, 5) is 10.8. The molecule has 0 aliphatic heterocycles. The molecule has 13 heavy (non-hydrogen) atoms. The molecule has 4 nitrogen and oxygen atoms in total. The Morgan fingerprint density at radius 3 is 2.23 bits per heavy atom. The van der Waals surface area contributed by atoms with Crippen LogP contribution in [0.4, 0.5) is 19.0 Å². The Morgan fingerprint density at radius 1 is 1.31 bits per heavy atom. The molecule has 0 saturated carbocycles. The van der Waals surface area contributed by atoms with E-state index in [9.17, 15) is 18.0 Å². The molecule has 1 aromatic rings. The third kappa shape index (κ3) is 1.74. The highest BCUT2D eigenvalue weighted by Crippen LogP contribution is 2.28. The van der Waals surface area contributed by atoms with Gasteiger partial charge in [-0.3, -0.25) is 4.79 Å². The van der Waals surface area contributed by atoms with Crippen molar-refractivity contribution in [3.05, 3.63) is 28.0 Å². The molecule has 0 fully saturated rings. The number of nitrogens with zero attached hydrogens (tertiary/aromatic N) is 1. The lowest BCUT2D eigenvalue weighted by Gasteiger charge is -2.08. The van der Waals surface area contributed by atoms with Crippen molar-refractivity contribution >= 4 is 5.82 Å². The first kappa shape index (κ1) is 9.43. The highest BCUT2D eigenvalue weighted by atomic mass is 19.4. The number of aromatic nitrogens is 1. The average Bonchev–Trinajstić information content (AvgIpc) is 1.97. The van der Waals surface area contributed by atoms with Crippen LogP contribution in [0.2, 0.25) is 0 Å². The predicted molar refractivity (Wildman–Crippen MR) is 40.3 cm³/mol. The summed E-state index contributed by atoms with van der Waals surface area (Å²) in [6.07, 6.45) is -4.58. The standard InChI is InChI=1S/C6H6F3N3O/c7-6(8,9)3-1-4(10)12(11)5(13)2-3/h1-2H,10-11H2. The number of hydrogen-bond acceptors (Lipinski definition) is 3. The van der Waals surface area contributed by atoms with Crippen LogP contribution in [0.25, 0.3) is 0 Å². The van der Waals surface area contributed by atoms with Crippen LogP contribution in [-0.4, -0.2) is 4.68 Å². The third-order valence-electron chi connectivity index (χ3n) is 1.43. The Labute approximate surface area is 70.5 Å². The van der Waals surface area contributed by atoms with E-state index in [2.05, 4.69) is 0 Å². The van der Waals surface area contributed by atoms with Crippen LogP contribution in [0, 0.1) is 0 Å². The number of alkyl halides is 3. The first-order chi connectivity index (χ1) is 5.82. The second-order valence-corrected chi connectivity index (χ2v) is 2.37. The summed E-state index contributed by atoms with van der Waals surface area (Å²) in [5.41, 5.74) is 2.96. The highest BCUT2D eigenvalue weighted by Gasteiger charge is 2.31. The van der Waals surface area contributed by atoms with Crippen LogP contribution in [0.15, 0.2) is 16.9 Å². The molecule has 1 heterocycles. The first-order valence-electron chi connectivity index (χ1n) is 3.17. The maximum Gasteiger partial charge on any atom is 0.416 e. The van der Waals surface area contributed by atoms with Gasteiger partial charge in [-0.25, -0.2) is 4.68 Å². The molecular weight excluding hydrogens is 187 g/mol. The molecule has 1 rings (SSSR count). The summed E-state index contributed by atoms with van der Waals surface area (Å²) in [6, 6.07) is 0.984. The molecular formula is C6H6F3N3O. The first-order valence-corrected chi connectivity index (χ1v) is 3.17. The summed E-state index contributed by atoms with van der Waals surface area (Å²) in [6.45, 7) is 0. The van der Waals surface area contributed by atoms with Crippen LogP contribution in [-0.2, 0) is 6.18 Å². The molecule has 72 valence electrons. The van der Waals surface area contributed by atoms with Gasteiger partial charge in [0.05, 0.1) is 5.56 Å². The minimum absolute atomic E-state index is 0.385. The van der Waals surface area contributed by atoms with E-state index in [1.807, 2.05) is 0 Å². The van der Waals surface area contributed by atoms with E-state index in [0.29, 0.717) is 16.8 Å². The van der Waals surface area contributed by atoms with E-state index in [1.165, 1.54) is 0 Å². The van der Waals surface area contributed by atoms with Gasteiger partial charge >= 0.3 is 6.18 Å². The van der Waals surface area contributed by atoms with E-state index in [1.54, 1.807) is 0 Å². The molecule has 0 aliphatic carbocycles. The Bertz CT molecular complexity index is 382. The zero-order valence-corrected chi connectivity index (χ0v) is 6.30. The Balaban J connectivity index is 3.38. The molecule has 0 bridgehead atoms. The molecule has 7 heteroatoms. The summed E-state index contributed by atoms with van der Waals surface area (Å²) in [7, 11) is 0. The number of anilines is 1. The zero-order valence-electron chi connectivity index (χ0n) is 6.30. The molecule has 1 aromatic heterocycles. The fourth-order valence-corrected chi connectivity index (χ4v) is 0.764. The minimum Gasteiger partial charge on any atom is -0.384 e. The number of nitrogens with two attached hydrogens (primary N) is 2. The molecule has 0 spiro atoms. The number of nitrogen functional groups attached to an aromatic ring is 2. The number of halogens is 3. The van der Waals surface area contributed by atoms with Crippen molar-refractivity contribution in [3.8, 4) is 0 Å². The largest absolute Gasteiger partial charge is 0.416 e. The van der Waals surface area contributed by atoms with Crippen molar-refractivity contribution in [2.45, 2.75) is 6.18 Å². The number of hydrogen-bond donors (Lipinski definition) is 2.